The normalized spacial score (nSPS) is 10.7. The van der Waals surface area contributed by atoms with Gasteiger partial charge in [0.2, 0.25) is 0 Å². The van der Waals surface area contributed by atoms with Crippen LogP contribution in [-0.2, 0) is 6.54 Å². The molecule has 0 fully saturated rings. The number of nitrogens with one attached hydrogen (secondary N) is 1. The summed E-state index contributed by atoms with van der Waals surface area (Å²) in [4.78, 5) is 0. The zero-order chi connectivity index (χ0) is 15.2. The van der Waals surface area contributed by atoms with E-state index in [0.717, 1.165) is 41.0 Å². The largest absolute Gasteiger partial charge is 0.457 e. The van der Waals surface area contributed by atoms with Gasteiger partial charge in [-0.2, -0.15) is 0 Å². The number of aryl methyl sites for hydroxylation is 2. The molecule has 0 unspecified atom stereocenters. The molecule has 0 aliphatic heterocycles. The molecule has 3 heteroatoms. The van der Waals surface area contributed by atoms with Gasteiger partial charge in [-0.25, -0.2) is 0 Å². The van der Waals surface area contributed by atoms with Crippen LogP contribution in [0.5, 0.6) is 11.5 Å². The molecule has 0 atom stereocenters. The van der Waals surface area contributed by atoms with Crippen molar-refractivity contribution in [2.45, 2.75) is 33.7 Å². The quantitative estimate of drug-likeness (QED) is 0.710. The van der Waals surface area contributed by atoms with E-state index in [4.69, 9.17) is 4.74 Å². The lowest BCUT2D eigenvalue weighted by molar-refractivity contribution is 0.477. The predicted octanol–water partition coefficient (Wildman–Crippen LogP) is 5.36. The molecule has 0 spiro atoms. The Morgan fingerprint density at radius 1 is 1.05 bits per heavy atom. The van der Waals surface area contributed by atoms with Gasteiger partial charge in [0.15, 0.2) is 0 Å². The molecule has 2 aromatic rings. The predicted molar refractivity (Wildman–Crippen MR) is 92.1 cm³/mol. The number of benzene rings is 2. The maximum absolute atomic E-state index is 6.00. The molecular formula is C18H22BrNO. The number of rotatable bonds is 6. The van der Waals surface area contributed by atoms with E-state index in [0.29, 0.717) is 0 Å². The van der Waals surface area contributed by atoms with Crippen molar-refractivity contribution in [1.82, 2.24) is 5.32 Å². The molecule has 2 rings (SSSR count). The molecule has 0 aromatic heterocycles. The Labute approximate surface area is 135 Å². The van der Waals surface area contributed by atoms with Crippen molar-refractivity contribution in [1.29, 1.82) is 0 Å². The van der Waals surface area contributed by atoms with Crippen molar-refractivity contribution in [3.05, 3.63) is 57.6 Å². The van der Waals surface area contributed by atoms with Crippen LogP contribution in [0.3, 0.4) is 0 Å². The second kappa shape index (κ2) is 7.62. The summed E-state index contributed by atoms with van der Waals surface area (Å²) in [5.74, 6) is 1.77. The van der Waals surface area contributed by atoms with Gasteiger partial charge in [-0.15, -0.1) is 0 Å². The zero-order valence-corrected chi connectivity index (χ0v) is 14.5. The Balaban J connectivity index is 2.11. The number of hydrogen-bond acceptors (Lipinski definition) is 2. The molecule has 0 heterocycles. The van der Waals surface area contributed by atoms with E-state index < -0.39 is 0 Å². The van der Waals surface area contributed by atoms with Crippen molar-refractivity contribution in [3.63, 3.8) is 0 Å². The van der Waals surface area contributed by atoms with Crippen LogP contribution in [0.2, 0.25) is 0 Å². The lowest BCUT2D eigenvalue weighted by Gasteiger charge is -2.12. The van der Waals surface area contributed by atoms with Crippen molar-refractivity contribution in [2.75, 3.05) is 6.54 Å². The molecule has 0 saturated carbocycles. The monoisotopic (exact) mass is 347 g/mol. The Morgan fingerprint density at radius 2 is 1.86 bits per heavy atom. The Morgan fingerprint density at radius 3 is 2.57 bits per heavy atom. The fraction of sp³-hybridized carbons (Fsp3) is 0.333. The summed E-state index contributed by atoms with van der Waals surface area (Å²) in [6.45, 7) is 8.32. The SMILES string of the molecule is CCCNCc1ccc(Oc2cc(Br)ccc2C)cc1C. The second-order valence-electron chi connectivity index (χ2n) is 5.28. The van der Waals surface area contributed by atoms with E-state index in [1.165, 1.54) is 11.1 Å². The van der Waals surface area contributed by atoms with E-state index in [9.17, 15) is 0 Å². The van der Waals surface area contributed by atoms with Gasteiger partial charge >= 0.3 is 0 Å². The van der Waals surface area contributed by atoms with Crippen molar-refractivity contribution >= 4 is 15.9 Å². The van der Waals surface area contributed by atoms with Crippen LogP contribution in [0.4, 0.5) is 0 Å². The van der Waals surface area contributed by atoms with E-state index in [1.54, 1.807) is 0 Å². The van der Waals surface area contributed by atoms with Gasteiger partial charge in [0, 0.05) is 11.0 Å². The minimum absolute atomic E-state index is 0.882. The molecule has 21 heavy (non-hydrogen) atoms. The average Bonchev–Trinajstić information content (AvgIpc) is 2.45. The summed E-state index contributed by atoms with van der Waals surface area (Å²) < 4.78 is 7.03. The van der Waals surface area contributed by atoms with Gasteiger partial charge in [0.25, 0.3) is 0 Å². The number of hydrogen-bond donors (Lipinski definition) is 1. The van der Waals surface area contributed by atoms with E-state index >= 15 is 0 Å². The Bertz CT molecular complexity index is 610. The molecular weight excluding hydrogens is 326 g/mol. The summed E-state index contributed by atoms with van der Waals surface area (Å²) in [6.07, 6.45) is 1.16. The maximum Gasteiger partial charge on any atom is 0.131 e. The molecule has 112 valence electrons. The molecule has 0 radical (unpaired) electrons. The first-order valence-electron chi connectivity index (χ1n) is 7.34. The van der Waals surface area contributed by atoms with E-state index in [1.807, 2.05) is 18.2 Å². The van der Waals surface area contributed by atoms with Crippen LogP contribution in [0.1, 0.15) is 30.0 Å². The summed E-state index contributed by atoms with van der Waals surface area (Å²) in [7, 11) is 0. The van der Waals surface area contributed by atoms with Crippen molar-refractivity contribution < 1.29 is 4.74 Å². The summed E-state index contributed by atoms with van der Waals surface area (Å²) in [6, 6.07) is 12.4. The number of ether oxygens (including phenoxy) is 1. The van der Waals surface area contributed by atoms with Gasteiger partial charge in [0.1, 0.15) is 11.5 Å². The highest BCUT2D eigenvalue weighted by molar-refractivity contribution is 9.10. The zero-order valence-electron chi connectivity index (χ0n) is 12.9. The molecule has 0 bridgehead atoms. The fourth-order valence-corrected chi connectivity index (χ4v) is 2.48. The van der Waals surface area contributed by atoms with Crippen LogP contribution in [0, 0.1) is 13.8 Å². The topological polar surface area (TPSA) is 21.3 Å². The smallest absolute Gasteiger partial charge is 0.131 e. The summed E-state index contributed by atoms with van der Waals surface area (Å²) >= 11 is 3.48. The summed E-state index contributed by atoms with van der Waals surface area (Å²) in [5, 5.41) is 3.43. The first kappa shape index (κ1) is 16.1. The van der Waals surface area contributed by atoms with Gasteiger partial charge < -0.3 is 10.1 Å². The maximum atomic E-state index is 6.00. The van der Waals surface area contributed by atoms with Gasteiger partial charge in [-0.05, 0) is 67.8 Å². The highest BCUT2D eigenvalue weighted by atomic mass is 79.9. The lowest BCUT2D eigenvalue weighted by atomic mass is 10.1. The molecule has 0 aliphatic carbocycles. The molecule has 2 aromatic carbocycles. The highest BCUT2D eigenvalue weighted by Gasteiger charge is 2.05. The van der Waals surface area contributed by atoms with Crippen molar-refractivity contribution in [2.24, 2.45) is 0 Å². The van der Waals surface area contributed by atoms with Gasteiger partial charge in [-0.3, -0.25) is 0 Å². The molecule has 2 nitrogen and oxygen atoms in total. The average molecular weight is 348 g/mol. The van der Waals surface area contributed by atoms with Crippen LogP contribution < -0.4 is 10.1 Å². The molecule has 1 N–H and O–H groups in total. The summed E-state index contributed by atoms with van der Waals surface area (Å²) in [5.41, 5.74) is 3.70. The van der Waals surface area contributed by atoms with Crippen molar-refractivity contribution in [3.8, 4) is 11.5 Å². The fourth-order valence-electron chi connectivity index (χ4n) is 2.14. The van der Waals surface area contributed by atoms with Crippen LogP contribution in [-0.4, -0.2) is 6.54 Å². The Kier molecular flexibility index (Phi) is 5.83. The molecule has 0 aliphatic rings. The third-order valence-electron chi connectivity index (χ3n) is 3.43. The molecule has 0 saturated heterocycles. The number of halogens is 1. The first-order valence-corrected chi connectivity index (χ1v) is 8.13. The van der Waals surface area contributed by atoms with Crippen LogP contribution in [0.25, 0.3) is 0 Å². The first-order chi connectivity index (χ1) is 10.1. The Hall–Kier alpha value is -1.32. The van der Waals surface area contributed by atoms with Gasteiger partial charge in [0.05, 0.1) is 0 Å². The second-order valence-corrected chi connectivity index (χ2v) is 6.19. The molecule has 0 amide bonds. The third-order valence-corrected chi connectivity index (χ3v) is 3.93. The van der Waals surface area contributed by atoms with Crippen LogP contribution in [0.15, 0.2) is 40.9 Å². The van der Waals surface area contributed by atoms with E-state index in [2.05, 4.69) is 60.2 Å². The minimum Gasteiger partial charge on any atom is -0.457 e. The lowest BCUT2D eigenvalue weighted by Crippen LogP contribution is -2.14. The third kappa shape index (κ3) is 4.58. The van der Waals surface area contributed by atoms with Gasteiger partial charge in [-0.1, -0.05) is 35.0 Å². The van der Waals surface area contributed by atoms with Crippen LogP contribution >= 0.6 is 15.9 Å². The highest BCUT2D eigenvalue weighted by Crippen LogP contribution is 2.29. The minimum atomic E-state index is 0.882. The standard InChI is InChI=1S/C18H22BrNO/c1-4-9-20-12-15-6-8-17(10-14(15)3)21-18-11-16(19)7-5-13(18)2/h5-8,10-11,20H,4,9,12H2,1-3H3. The van der Waals surface area contributed by atoms with E-state index in [-0.39, 0.29) is 0 Å².